The molecule has 0 N–H and O–H groups in total. The van der Waals surface area contributed by atoms with Crippen LogP contribution < -0.4 is 56.5 Å². The van der Waals surface area contributed by atoms with Gasteiger partial charge in [0.1, 0.15) is 0 Å². The number of rotatable bonds is 17. The Balaban J connectivity index is 0. The van der Waals surface area contributed by atoms with Gasteiger partial charge in [-0.15, -0.1) is 0 Å². The van der Waals surface area contributed by atoms with Crippen LogP contribution in [-0.4, -0.2) is 29.9 Å². The third-order valence-electron chi connectivity index (χ3n) is 4.99. The molecule has 0 radical (unpaired) electrons. The topological polar surface area (TPSA) is 60.4 Å². The molecular weight excluding hydrogens is 353 g/mol. The molecule has 0 saturated heterocycles. The van der Waals surface area contributed by atoms with Crippen LogP contribution in [0.3, 0.4) is 0 Å². The van der Waals surface area contributed by atoms with Gasteiger partial charge in [-0.25, -0.2) is 0 Å². The van der Waals surface area contributed by atoms with Crippen LogP contribution in [0.1, 0.15) is 104 Å². The van der Waals surface area contributed by atoms with Crippen LogP contribution in [0.4, 0.5) is 0 Å². The molecule has 5 heteroatoms. The molecule has 0 aliphatic carbocycles. The van der Waals surface area contributed by atoms with E-state index in [9.17, 15) is 14.7 Å². The fourth-order valence-corrected chi connectivity index (χ4v) is 3.36. The van der Waals surface area contributed by atoms with Gasteiger partial charge in [0.25, 0.3) is 0 Å². The molecule has 0 aliphatic heterocycles. The van der Waals surface area contributed by atoms with E-state index in [0.29, 0.717) is 19.5 Å². The Morgan fingerprint density at radius 2 is 1.19 bits per heavy atom. The average Bonchev–Trinajstić information content (AvgIpc) is 2.59. The van der Waals surface area contributed by atoms with Crippen molar-refractivity contribution in [2.24, 2.45) is 5.92 Å². The van der Waals surface area contributed by atoms with E-state index < -0.39 is 11.9 Å². The normalized spacial score (nSPS) is 11.7. The molecule has 0 heterocycles. The smallest absolute Gasteiger partial charge is 0.550 e. The van der Waals surface area contributed by atoms with Crippen molar-refractivity contribution in [3.63, 3.8) is 0 Å². The van der Waals surface area contributed by atoms with Crippen LogP contribution in [0.5, 0.6) is 0 Å². The largest absolute Gasteiger partial charge is 1.00 e. The van der Waals surface area contributed by atoms with Gasteiger partial charge in [0, 0.05) is 25.0 Å². The Labute approximate surface area is 204 Å². The molecule has 1 unspecified atom stereocenters. The van der Waals surface area contributed by atoms with Gasteiger partial charge in [0.2, 0.25) is 5.91 Å². The first kappa shape index (κ1) is 28.8. The van der Waals surface area contributed by atoms with Crippen LogP contribution in [-0.2, 0) is 9.59 Å². The van der Waals surface area contributed by atoms with Crippen molar-refractivity contribution in [1.29, 1.82) is 0 Å². The minimum atomic E-state index is -1.12. The summed E-state index contributed by atoms with van der Waals surface area (Å²) in [6.45, 7) is 7.38. The summed E-state index contributed by atoms with van der Waals surface area (Å²) in [6.07, 6.45) is 14.4. The second-order valence-corrected chi connectivity index (χ2v) is 7.11. The fourth-order valence-electron chi connectivity index (χ4n) is 3.36. The molecule has 0 spiro atoms. The van der Waals surface area contributed by atoms with E-state index in [4.69, 9.17) is 0 Å². The van der Waals surface area contributed by atoms with Crippen molar-refractivity contribution in [2.75, 3.05) is 13.1 Å². The van der Waals surface area contributed by atoms with Crippen LogP contribution in [0.25, 0.3) is 0 Å². The second kappa shape index (κ2) is 20.3. The van der Waals surface area contributed by atoms with Crippen LogP contribution in [0.2, 0.25) is 0 Å². The summed E-state index contributed by atoms with van der Waals surface area (Å²) in [4.78, 5) is 25.1. The zero-order chi connectivity index (χ0) is 18.9. The van der Waals surface area contributed by atoms with Crippen molar-refractivity contribution in [1.82, 2.24) is 4.90 Å². The molecule has 1 amide bonds. The first-order valence-electron chi connectivity index (χ1n) is 10.5. The number of aliphatic carboxylic acids is 1. The number of carboxylic acid groups (broad SMARTS) is 1. The van der Waals surface area contributed by atoms with Crippen LogP contribution in [0.15, 0.2) is 0 Å². The summed E-state index contributed by atoms with van der Waals surface area (Å²) in [5.74, 6) is -1.56. The number of carbonyl (C=O) groups excluding carboxylic acids is 2. The van der Waals surface area contributed by atoms with E-state index >= 15 is 0 Å². The summed E-state index contributed by atoms with van der Waals surface area (Å²) in [6, 6.07) is 0. The molecular formula is C21H40KNO3. The summed E-state index contributed by atoms with van der Waals surface area (Å²) in [7, 11) is 0. The Kier molecular flexibility index (Phi) is 22.5. The van der Waals surface area contributed by atoms with Crippen molar-refractivity contribution < 1.29 is 66.1 Å². The molecule has 0 bridgehead atoms. The third-order valence-corrected chi connectivity index (χ3v) is 4.99. The molecule has 4 nitrogen and oxygen atoms in total. The second-order valence-electron chi connectivity index (χ2n) is 7.11. The number of unbranched alkanes of at least 4 members (excludes halogenated alkanes) is 10. The summed E-state index contributed by atoms with van der Waals surface area (Å²) < 4.78 is 0. The monoisotopic (exact) mass is 393 g/mol. The molecule has 0 aromatic carbocycles. The predicted octanol–water partition coefficient (Wildman–Crippen LogP) is 1.32. The Bertz CT molecular complexity index is 346. The molecule has 0 aromatic rings. The maximum absolute atomic E-state index is 12.4. The first-order valence-corrected chi connectivity index (χ1v) is 10.5. The van der Waals surface area contributed by atoms with Gasteiger partial charge in [-0.1, -0.05) is 77.6 Å². The molecule has 0 saturated carbocycles. The number of hydrogen-bond donors (Lipinski definition) is 0. The van der Waals surface area contributed by atoms with Gasteiger partial charge in [0.05, 0.1) is 0 Å². The Hall–Kier alpha value is 0.576. The van der Waals surface area contributed by atoms with E-state index in [-0.39, 0.29) is 63.7 Å². The fraction of sp³-hybridized carbons (Fsp3) is 0.905. The molecule has 0 aliphatic rings. The number of nitrogens with zero attached hydrogens (tertiary/aromatic N) is 1. The van der Waals surface area contributed by atoms with E-state index in [0.717, 1.165) is 12.8 Å². The number of hydrogen-bond acceptors (Lipinski definition) is 3. The number of carbonyl (C=O) groups is 2. The van der Waals surface area contributed by atoms with Crippen molar-refractivity contribution in [2.45, 2.75) is 104 Å². The van der Waals surface area contributed by atoms with Gasteiger partial charge < -0.3 is 14.8 Å². The van der Waals surface area contributed by atoms with Gasteiger partial charge in [-0.3, -0.25) is 4.79 Å². The molecule has 148 valence electrons. The SMILES string of the molecule is CCCCCCCCCCCCCC(CC(=O)[O-])C(=O)N(CC)CC.[K+]. The molecule has 0 aromatic heterocycles. The maximum Gasteiger partial charge on any atom is 1.00 e. The minimum absolute atomic E-state index is 0. The minimum Gasteiger partial charge on any atom is -0.550 e. The quantitative estimate of drug-likeness (QED) is 0.277. The summed E-state index contributed by atoms with van der Waals surface area (Å²) >= 11 is 0. The van der Waals surface area contributed by atoms with Gasteiger partial charge in [-0.05, 0) is 26.7 Å². The van der Waals surface area contributed by atoms with Gasteiger partial charge in [0.15, 0.2) is 0 Å². The Morgan fingerprint density at radius 1 is 0.769 bits per heavy atom. The van der Waals surface area contributed by atoms with E-state index in [1.54, 1.807) is 4.90 Å². The predicted molar refractivity (Wildman–Crippen MR) is 102 cm³/mol. The molecule has 1 atom stereocenters. The van der Waals surface area contributed by atoms with Crippen molar-refractivity contribution >= 4 is 11.9 Å². The zero-order valence-corrected chi connectivity index (χ0v) is 21.0. The molecule has 0 rings (SSSR count). The van der Waals surface area contributed by atoms with E-state index in [1.165, 1.54) is 57.8 Å². The average molecular weight is 394 g/mol. The summed E-state index contributed by atoms with van der Waals surface area (Å²) in [5.41, 5.74) is 0. The van der Waals surface area contributed by atoms with Crippen molar-refractivity contribution in [3.8, 4) is 0 Å². The molecule has 0 fully saturated rings. The zero-order valence-electron chi connectivity index (χ0n) is 17.9. The number of amides is 1. The third kappa shape index (κ3) is 15.6. The Morgan fingerprint density at radius 3 is 1.58 bits per heavy atom. The van der Waals surface area contributed by atoms with E-state index in [1.807, 2.05) is 13.8 Å². The number of carboxylic acids is 1. The summed E-state index contributed by atoms with van der Waals surface area (Å²) in [5, 5.41) is 10.9. The standard InChI is InChI=1S/C21H41NO3.K/c1-4-7-8-9-10-11-12-13-14-15-16-17-19(18-20(23)24)21(25)22(5-2)6-3;/h19H,4-18H2,1-3H3,(H,23,24);/q;+1/p-1. The van der Waals surface area contributed by atoms with Crippen LogP contribution >= 0.6 is 0 Å². The van der Waals surface area contributed by atoms with Crippen molar-refractivity contribution in [3.05, 3.63) is 0 Å². The van der Waals surface area contributed by atoms with E-state index in [2.05, 4.69) is 6.92 Å². The molecule has 26 heavy (non-hydrogen) atoms. The maximum atomic E-state index is 12.4. The first-order chi connectivity index (χ1) is 12.1. The van der Waals surface area contributed by atoms with Gasteiger partial charge in [-0.2, -0.15) is 0 Å². The van der Waals surface area contributed by atoms with Crippen LogP contribution in [0, 0.1) is 5.92 Å². The van der Waals surface area contributed by atoms with Gasteiger partial charge >= 0.3 is 51.4 Å².